The Balaban J connectivity index is 2.04. The van der Waals surface area contributed by atoms with E-state index in [-0.39, 0.29) is 6.29 Å². The number of hydrogen-bond donors (Lipinski definition) is 0. The largest absolute Gasteiger partial charge is 0.353 e. The molecule has 0 radical (unpaired) electrons. The number of hydrogen-bond acceptors (Lipinski definition) is 2. The molecule has 15 heavy (non-hydrogen) atoms. The topological polar surface area (TPSA) is 18.5 Å². The van der Waals surface area contributed by atoms with Crippen LogP contribution in [0, 0.1) is 23.7 Å². The average Bonchev–Trinajstić information content (AvgIpc) is 2.29. The molecule has 0 aromatic heterocycles. The van der Waals surface area contributed by atoms with Gasteiger partial charge in [-0.15, -0.1) is 11.6 Å². The molecule has 1 heterocycles. The quantitative estimate of drug-likeness (QED) is 0.531. The van der Waals surface area contributed by atoms with E-state index in [1.165, 1.54) is 6.42 Å². The van der Waals surface area contributed by atoms with Crippen LogP contribution in [0.4, 0.5) is 0 Å². The Bertz CT molecular complexity index is 273. The van der Waals surface area contributed by atoms with Crippen LogP contribution in [0.3, 0.4) is 0 Å². The third kappa shape index (κ3) is 6.42. The highest BCUT2D eigenvalue weighted by Crippen LogP contribution is 2.12. The molecule has 1 atom stereocenters. The maximum absolute atomic E-state index is 5.42. The summed E-state index contributed by atoms with van der Waals surface area (Å²) in [5.41, 5.74) is 0. The second-order valence-electron chi connectivity index (χ2n) is 3.12. The van der Waals surface area contributed by atoms with Crippen LogP contribution in [0.15, 0.2) is 0 Å². The van der Waals surface area contributed by atoms with Gasteiger partial charge in [0.05, 0.1) is 12.3 Å². The van der Waals surface area contributed by atoms with Crippen molar-refractivity contribution in [3.8, 4) is 23.7 Å². The minimum Gasteiger partial charge on any atom is -0.353 e. The first-order chi connectivity index (χ1) is 7.43. The fourth-order valence-corrected chi connectivity index (χ4v) is 1.34. The highest BCUT2D eigenvalue weighted by molar-refractivity contribution is 6.19. The lowest BCUT2D eigenvalue weighted by molar-refractivity contribution is -0.154. The summed E-state index contributed by atoms with van der Waals surface area (Å²) in [5.74, 6) is 11.7. The van der Waals surface area contributed by atoms with Gasteiger partial charge in [0.15, 0.2) is 6.29 Å². The van der Waals surface area contributed by atoms with Gasteiger partial charge < -0.3 is 9.47 Å². The van der Waals surface area contributed by atoms with Gasteiger partial charge in [0.25, 0.3) is 0 Å². The number of halogens is 1. The molecule has 1 aliphatic heterocycles. The summed E-state index contributed by atoms with van der Waals surface area (Å²) in [5, 5.41) is 0. The van der Waals surface area contributed by atoms with Crippen LogP contribution in [0.25, 0.3) is 0 Å². The lowest BCUT2D eigenvalue weighted by atomic mass is 10.2. The first-order valence-corrected chi connectivity index (χ1v) is 5.67. The van der Waals surface area contributed by atoms with Crippen molar-refractivity contribution in [3.05, 3.63) is 0 Å². The van der Waals surface area contributed by atoms with E-state index < -0.39 is 0 Å². The van der Waals surface area contributed by atoms with Crippen molar-refractivity contribution in [1.82, 2.24) is 0 Å². The second kappa shape index (κ2) is 8.62. The number of alkyl halides is 1. The molecule has 0 spiro atoms. The third-order valence-corrected chi connectivity index (χ3v) is 2.11. The number of ether oxygens (including phenoxy) is 2. The summed E-state index contributed by atoms with van der Waals surface area (Å²) < 4.78 is 10.8. The number of rotatable bonds is 2. The zero-order valence-corrected chi connectivity index (χ0v) is 9.48. The molecule has 0 bridgehead atoms. The summed E-state index contributed by atoms with van der Waals surface area (Å²) in [4.78, 5) is 0. The molecule has 0 amide bonds. The molecule has 0 aromatic carbocycles. The SMILES string of the molecule is ClCC#CCC#CCOC1CCCCO1. The van der Waals surface area contributed by atoms with Crippen LogP contribution in [0.2, 0.25) is 0 Å². The predicted molar refractivity (Wildman–Crippen MR) is 60.4 cm³/mol. The molecule has 0 aromatic rings. The van der Waals surface area contributed by atoms with Crippen molar-refractivity contribution in [2.45, 2.75) is 32.0 Å². The van der Waals surface area contributed by atoms with E-state index in [0.29, 0.717) is 18.9 Å². The summed E-state index contributed by atoms with van der Waals surface area (Å²) in [6.45, 7) is 1.23. The van der Waals surface area contributed by atoms with Crippen molar-refractivity contribution in [3.63, 3.8) is 0 Å². The molecule has 2 nitrogen and oxygen atoms in total. The lowest BCUT2D eigenvalue weighted by Gasteiger charge is -2.21. The van der Waals surface area contributed by atoms with E-state index in [9.17, 15) is 0 Å². The normalized spacial score (nSPS) is 19.7. The predicted octanol–water partition coefficient (Wildman–Crippen LogP) is 2.17. The summed E-state index contributed by atoms with van der Waals surface area (Å²) in [6, 6.07) is 0. The van der Waals surface area contributed by atoms with Gasteiger partial charge in [-0.25, -0.2) is 0 Å². The Morgan fingerprint density at radius 1 is 1.20 bits per heavy atom. The van der Waals surface area contributed by atoms with Crippen molar-refractivity contribution in [1.29, 1.82) is 0 Å². The zero-order chi connectivity index (χ0) is 10.8. The van der Waals surface area contributed by atoms with E-state index in [4.69, 9.17) is 21.1 Å². The van der Waals surface area contributed by atoms with Crippen LogP contribution in [0.1, 0.15) is 25.7 Å². The minimum atomic E-state index is -0.0537. The van der Waals surface area contributed by atoms with Gasteiger partial charge in [0.1, 0.15) is 6.61 Å². The van der Waals surface area contributed by atoms with Crippen LogP contribution >= 0.6 is 11.6 Å². The molecule has 1 aliphatic rings. The first kappa shape index (κ1) is 12.4. The Kier molecular flexibility index (Phi) is 7.13. The van der Waals surface area contributed by atoms with Gasteiger partial charge in [0.2, 0.25) is 0 Å². The Morgan fingerprint density at radius 3 is 2.80 bits per heavy atom. The van der Waals surface area contributed by atoms with Crippen LogP contribution in [-0.4, -0.2) is 25.4 Å². The van der Waals surface area contributed by atoms with Crippen LogP contribution in [0.5, 0.6) is 0 Å². The van der Waals surface area contributed by atoms with E-state index >= 15 is 0 Å². The molecular weight excluding hydrogens is 212 g/mol. The maximum Gasteiger partial charge on any atom is 0.158 e. The summed E-state index contributed by atoms with van der Waals surface area (Å²) in [7, 11) is 0. The Morgan fingerprint density at radius 2 is 2.07 bits per heavy atom. The molecule has 1 saturated heterocycles. The summed E-state index contributed by atoms with van der Waals surface area (Å²) >= 11 is 5.38. The monoisotopic (exact) mass is 226 g/mol. The Hall–Kier alpha value is -0.670. The van der Waals surface area contributed by atoms with Crippen molar-refractivity contribution in [2.24, 2.45) is 0 Å². The smallest absolute Gasteiger partial charge is 0.158 e. The van der Waals surface area contributed by atoms with E-state index in [1.807, 2.05) is 0 Å². The molecule has 82 valence electrons. The van der Waals surface area contributed by atoms with Gasteiger partial charge in [-0.3, -0.25) is 0 Å². The Labute approximate surface area is 96.3 Å². The highest BCUT2D eigenvalue weighted by atomic mass is 35.5. The zero-order valence-electron chi connectivity index (χ0n) is 8.72. The standard InChI is InChI=1S/C12H15ClO2/c13-9-5-2-1-3-6-10-14-12-8-4-7-11-15-12/h12H,1,4,7-11H2. The summed E-state index contributed by atoms with van der Waals surface area (Å²) in [6.07, 6.45) is 3.80. The molecule has 1 fully saturated rings. The van der Waals surface area contributed by atoms with E-state index in [1.54, 1.807) is 0 Å². The third-order valence-electron chi connectivity index (χ3n) is 1.97. The van der Waals surface area contributed by atoms with Crippen molar-refractivity contribution < 1.29 is 9.47 Å². The van der Waals surface area contributed by atoms with Crippen molar-refractivity contribution >= 4 is 11.6 Å². The second-order valence-corrected chi connectivity index (χ2v) is 3.39. The lowest BCUT2D eigenvalue weighted by Crippen LogP contribution is -2.22. The van der Waals surface area contributed by atoms with E-state index in [0.717, 1.165) is 19.4 Å². The molecule has 3 heteroatoms. The van der Waals surface area contributed by atoms with Gasteiger partial charge in [-0.05, 0) is 19.3 Å². The molecule has 1 unspecified atom stereocenters. The minimum absolute atomic E-state index is 0.0537. The van der Waals surface area contributed by atoms with E-state index in [2.05, 4.69) is 23.7 Å². The first-order valence-electron chi connectivity index (χ1n) is 5.14. The fourth-order valence-electron chi connectivity index (χ4n) is 1.24. The van der Waals surface area contributed by atoms with Crippen LogP contribution in [-0.2, 0) is 9.47 Å². The molecule has 0 N–H and O–H groups in total. The molecular formula is C12H15ClO2. The van der Waals surface area contributed by atoms with Gasteiger partial charge in [0, 0.05) is 6.61 Å². The highest BCUT2D eigenvalue weighted by Gasteiger charge is 2.12. The van der Waals surface area contributed by atoms with Gasteiger partial charge in [-0.1, -0.05) is 23.7 Å². The van der Waals surface area contributed by atoms with Gasteiger partial charge in [-0.2, -0.15) is 0 Å². The fraction of sp³-hybridized carbons (Fsp3) is 0.667. The van der Waals surface area contributed by atoms with Crippen LogP contribution < -0.4 is 0 Å². The van der Waals surface area contributed by atoms with Gasteiger partial charge >= 0.3 is 0 Å². The maximum atomic E-state index is 5.42. The molecule has 0 aliphatic carbocycles. The van der Waals surface area contributed by atoms with Crippen molar-refractivity contribution in [2.75, 3.05) is 19.1 Å². The molecule has 1 rings (SSSR count). The average molecular weight is 227 g/mol. The molecule has 0 saturated carbocycles.